The number of benzene rings is 1. The fraction of sp³-hybridized carbons (Fsp3) is 0.0833. The molecule has 0 fully saturated rings. The molecule has 76 valence electrons. The first-order valence-electron chi connectivity index (χ1n) is 4.51. The highest BCUT2D eigenvalue weighted by Gasteiger charge is 2.27. The van der Waals surface area contributed by atoms with Crippen LogP contribution < -0.4 is 0 Å². The largest absolute Gasteiger partial charge is 0.447 e. The van der Waals surface area contributed by atoms with Crippen LogP contribution in [0.15, 0.2) is 42.7 Å². The molecule has 15 heavy (non-hydrogen) atoms. The zero-order chi connectivity index (χ0) is 10.8. The summed E-state index contributed by atoms with van der Waals surface area (Å²) in [6.45, 7) is 3.27. The zero-order valence-corrected chi connectivity index (χ0v) is 7.94. The molecule has 0 radical (unpaired) electrons. The molecule has 1 unspecified atom stereocenters. The van der Waals surface area contributed by atoms with Gasteiger partial charge in [0, 0.05) is 11.6 Å². The summed E-state index contributed by atoms with van der Waals surface area (Å²) < 4.78 is 18.3. The van der Waals surface area contributed by atoms with Gasteiger partial charge in [0.05, 0.1) is 0 Å². The summed E-state index contributed by atoms with van der Waals surface area (Å²) in [5.74, 6) is -1.08. The van der Waals surface area contributed by atoms with Crippen molar-refractivity contribution in [2.45, 2.75) is 6.10 Å². The molecule has 1 aromatic carbocycles. The highest BCUT2D eigenvalue weighted by Crippen LogP contribution is 2.37. The summed E-state index contributed by atoms with van der Waals surface area (Å²) in [5, 5.41) is 0. The lowest BCUT2D eigenvalue weighted by Crippen LogP contribution is -2.07. The summed E-state index contributed by atoms with van der Waals surface area (Å²) in [5.41, 5.74) is 1.42. The molecule has 0 N–H and O–H groups in total. The number of hydrogen-bond donors (Lipinski definition) is 0. The lowest BCUT2D eigenvalue weighted by atomic mass is 10.1. The first kappa shape index (κ1) is 9.65. The second-order valence-electron chi connectivity index (χ2n) is 3.18. The van der Waals surface area contributed by atoms with Gasteiger partial charge in [-0.3, -0.25) is 0 Å². The Morgan fingerprint density at radius 1 is 1.47 bits per heavy atom. The topological polar surface area (TPSA) is 26.3 Å². The number of halogens is 1. The average molecular weight is 204 g/mol. The molecule has 0 amide bonds. The molecule has 0 saturated heterocycles. The molecule has 1 aromatic rings. The fourth-order valence-corrected chi connectivity index (χ4v) is 1.54. The molecular formula is C12H9FO2. The van der Waals surface area contributed by atoms with Crippen molar-refractivity contribution < 1.29 is 13.9 Å². The number of esters is 1. The van der Waals surface area contributed by atoms with Crippen molar-refractivity contribution in [2.24, 2.45) is 0 Å². The lowest BCUT2D eigenvalue weighted by molar-refractivity contribution is -0.142. The number of fused-ring (bicyclic) bond motifs is 1. The van der Waals surface area contributed by atoms with Crippen LogP contribution in [0.2, 0.25) is 0 Å². The van der Waals surface area contributed by atoms with Crippen LogP contribution in [0.1, 0.15) is 17.2 Å². The molecule has 0 bridgehead atoms. The highest BCUT2D eigenvalue weighted by molar-refractivity contribution is 5.82. The normalized spacial score (nSPS) is 17.9. The van der Waals surface area contributed by atoms with Crippen LogP contribution >= 0.6 is 0 Å². The predicted molar refractivity (Wildman–Crippen MR) is 54.6 cm³/mol. The van der Waals surface area contributed by atoms with E-state index in [1.165, 1.54) is 6.08 Å². The Hall–Kier alpha value is -1.90. The van der Waals surface area contributed by atoms with Crippen LogP contribution in [0.4, 0.5) is 4.39 Å². The van der Waals surface area contributed by atoms with Gasteiger partial charge in [0.15, 0.2) is 6.10 Å². The van der Waals surface area contributed by atoms with Crippen molar-refractivity contribution in [2.75, 3.05) is 0 Å². The van der Waals surface area contributed by atoms with E-state index in [1.807, 2.05) is 0 Å². The van der Waals surface area contributed by atoms with E-state index in [2.05, 4.69) is 6.58 Å². The van der Waals surface area contributed by atoms with E-state index < -0.39 is 17.9 Å². The Balaban J connectivity index is 2.31. The maximum absolute atomic E-state index is 13.4. The smallest absolute Gasteiger partial charge is 0.331 e. The lowest BCUT2D eigenvalue weighted by Gasteiger charge is -2.11. The third-order valence-corrected chi connectivity index (χ3v) is 2.22. The van der Waals surface area contributed by atoms with E-state index in [1.54, 1.807) is 24.3 Å². The Bertz CT molecular complexity index is 449. The minimum atomic E-state index is -0.910. The van der Waals surface area contributed by atoms with Crippen LogP contribution in [0.5, 0.6) is 0 Å². The molecule has 0 heterocycles. The monoisotopic (exact) mass is 204 g/mol. The fourth-order valence-electron chi connectivity index (χ4n) is 1.54. The highest BCUT2D eigenvalue weighted by atomic mass is 19.1. The van der Waals surface area contributed by atoms with Crippen LogP contribution in [-0.4, -0.2) is 5.97 Å². The Morgan fingerprint density at radius 2 is 2.20 bits per heavy atom. The quantitative estimate of drug-likeness (QED) is 0.547. The number of ether oxygens (including phenoxy) is 1. The van der Waals surface area contributed by atoms with Gasteiger partial charge in [-0.1, -0.05) is 30.8 Å². The van der Waals surface area contributed by atoms with Crippen molar-refractivity contribution >= 4 is 12.0 Å². The molecule has 0 aromatic heterocycles. The molecule has 0 spiro atoms. The second kappa shape index (κ2) is 3.69. The average Bonchev–Trinajstić information content (AvgIpc) is 2.55. The van der Waals surface area contributed by atoms with Gasteiger partial charge in [-0.05, 0) is 11.6 Å². The Morgan fingerprint density at radius 3 is 2.93 bits per heavy atom. The van der Waals surface area contributed by atoms with Crippen molar-refractivity contribution in [1.29, 1.82) is 0 Å². The third kappa shape index (κ3) is 1.68. The van der Waals surface area contributed by atoms with E-state index >= 15 is 0 Å². The minimum absolute atomic E-state index is 0.452. The van der Waals surface area contributed by atoms with Crippen molar-refractivity contribution in [3.8, 4) is 0 Å². The number of hydrogen-bond acceptors (Lipinski definition) is 2. The van der Waals surface area contributed by atoms with E-state index in [9.17, 15) is 9.18 Å². The SMILES string of the molecule is C=CC(=O)OC1C(F)=Cc2ccccc21. The van der Waals surface area contributed by atoms with Gasteiger partial charge < -0.3 is 4.74 Å². The Labute approximate surface area is 86.7 Å². The molecule has 3 heteroatoms. The van der Waals surface area contributed by atoms with Crippen LogP contribution in [0.3, 0.4) is 0 Å². The van der Waals surface area contributed by atoms with Gasteiger partial charge in [0.25, 0.3) is 0 Å². The molecule has 1 atom stereocenters. The maximum Gasteiger partial charge on any atom is 0.331 e. The predicted octanol–water partition coefficient (Wildman–Crippen LogP) is 2.78. The second-order valence-corrected chi connectivity index (χ2v) is 3.18. The maximum atomic E-state index is 13.4. The summed E-state index contributed by atoms with van der Waals surface area (Å²) in [6, 6.07) is 7.09. The van der Waals surface area contributed by atoms with Crippen molar-refractivity contribution in [3.05, 3.63) is 53.9 Å². The van der Waals surface area contributed by atoms with E-state index in [0.717, 1.165) is 11.6 Å². The number of carbonyl (C=O) groups is 1. The van der Waals surface area contributed by atoms with E-state index in [4.69, 9.17) is 4.74 Å². The van der Waals surface area contributed by atoms with Gasteiger partial charge in [-0.15, -0.1) is 0 Å². The van der Waals surface area contributed by atoms with Crippen molar-refractivity contribution in [3.63, 3.8) is 0 Å². The van der Waals surface area contributed by atoms with Crippen LogP contribution in [-0.2, 0) is 9.53 Å². The van der Waals surface area contributed by atoms with Gasteiger partial charge in [-0.25, -0.2) is 9.18 Å². The molecule has 2 nitrogen and oxygen atoms in total. The first-order chi connectivity index (χ1) is 7.22. The van der Waals surface area contributed by atoms with Gasteiger partial charge in [0.1, 0.15) is 5.83 Å². The van der Waals surface area contributed by atoms with Gasteiger partial charge >= 0.3 is 5.97 Å². The van der Waals surface area contributed by atoms with Crippen molar-refractivity contribution in [1.82, 2.24) is 0 Å². The number of rotatable bonds is 2. The molecular weight excluding hydrogens is 195 g/mol. The summed E-state index contributed by atoms with van der Waals surface area (Å²) in [4.78, 5) is 11.0. The standard InChI is InChI=1S/C12H9FO2/c1-2-11(14)15-12-9-6-4-3-5-8(9)7-10(12)13/h2-7,12H,1H2. The van der Waals surface area contributed by atoms with Gasteiger partial charge in [-0.2, -0.15) is 0 Å². The molecule has 1 aliphatic carbocycles. The minimum Gasteiger partial charge on any atom is -0.447 e. The summed E-state index contributed by atoms with van der Waals surface area (Å²) in [6.07, 6.45) is 1.48. The van der Waals surface area contributed by atoms with E-state index in [-0.39, 0.29) is 0 Å². The first-order valence-corrected chi connectivity index (χ1v) is 4.51. The summed E-state index contributed by atoms with van der Waals surface area (Å²) in [7, 11) is 0. The third-order valence-electron chi connectivity index (χ3n) is 2.22. The number of carbonyl (C=O) groups excluding carboxylic acids is 1. The van der Waals surface area contributed by atoms with Gasteiger partial charge in [0.2, 0.25) is 0 Å². The zero-order valence-electron chi connectivity index (χ0n) is 7.94. The van der Waals surface area contributed by atoms with Crippen LogP contribution in [0, 0.1) is 0 Å². The molecule has 1 aliphatic rings. The Kier molecular flexibility index (Phi) is 2.37. The molecule has 0 saturated carbocycles. The summed E-state index contributed by atoms with van der Waals surface area (Å²) >= 11 is 0. The van der Waals surface area contributed by atoms with E-state index in [0.29, 0.717) is 5.56 Å². The molecule has 0 aliphatic heterocycles. The molecule has 2 rings (SSSR count). The van der Waals surface area contributed by atoms with Crippen LogP contribution in [0.25, 0.3) is 6.08 Å².